The fraction of sp³-hybridized carbons (Fsp3) is 0.0476. The number of aromatic hydroxyl groups is 1. The fourth-order valence-electron chi connectivity index (χ4n) is 3.45. The van der Waals surface area contributed by atoms with E-state index in [0.29, 0.717) is 10.2 Å². The summed E-state index contributed by atoms with van der Waals surface area (Å²) >= 11 is 2.61. The smallest absolute Gasteiger partial charge is 0.341 e. The molecular weight excluding hydrogens is 422 g/mol. The molecule has 5 rings (SSSR count). The van der Waals surface area contributed by atoms with E-state index in [2.05, 4.69) is 9.97 Å². The Labute approximate surface area is 177 Å². The van der Waals surface area contributed by atoms with E-state index in [9.17, 15) is 19.8 Å². The number of para-hydroxylation sites is 1. The van der Waals surface area contributed by atoms with Gasteiger partial charge < -0.3 is 10.2 Å². The van der Waals surface area contributed by atoms with Crippen LogP contribution in [0.2, 0.25) is 0 Å². The molecule has 0 saturated carbocycles. The maximum atomic E-state index is 12.7. The number of hydrogen-bond donors (Lipinski definition) is 2. The third kappa shape index (κ3) is 2.87. The summed E-state index contributed by atoms with van der Waals surface area (Å²) in [6.45, 7) is 0.181. The van der Waals surface area contributed by atoms with Gasteiger partial charge in [0.05, 0.1) is 22.3 Å². The molecule has 0 spiro atoms. The molecule has 0 unspecified atom stereocenters. The average molecular weight is 435 g/mol. The molecular formula is C21H13N3O4S2. The van der Waals surface area contributed by atoms with Gasteiger partial charge in [-0.3, -0.25) is 14.3 Å². The second-order valence-corrected chi connectivity index (χ2v) is 8.59. The minimum Gasteiger partial charge on any atom is -0.502 e. The lowest BCUT2D eigenvalue weighted by Gasteiger charge is -2.09. The summed E-state index contributed by atoms with van der Waals surface area (Å²) in [6.07, 6.45) is 3.43. The highest BCUT2D eigenvalue weighted by Gasteiger charge is 2.22. The molecule has 9 heteroatoms. The summed E-state index contributed by atoms with van der Waals surface area (Å²) in [5.74, 6) is -2.07. The number of aromatic nitrogens is 3. The Hall–Kier alpha value is -3.56. The number of thiazole rings is 1. The molecule has 2 N–H and O–H groups in total. The van der Waals surface area contributed by atoms with Gasteiger partial charge in [-0.05, 0) is 23.6 Å². The second kappa shape index (κ2) is 7.05. The normalized spacial score (nSPS) is 11.3. The number of fused-ring (bicyclic) bond motifs is 2. The van der Waals surface area contributed by atoms with Gasteiger partial charge in [-0.15, -0.1) is 22.7 Å². The van der Waals surface area contributed by atoms with Crippen LogP contribution in [-0.2, 0) is 6.54 Å². The number of nitrogens with zero attached hydrogens (tertiary/aromatic N) is 3. The molecule has 0 aliphatic rings. The summed E-state index contributed by atoms with van der Waals surface area (Å²) in [5.41, 5.74) is 1.22. The number of pyridine rings is 2. The van der Waals surface area contributed by atoms with Crippen molar-refractivity contribution in [2.45, 2.75) is 6.54 Å². The maximum Gasteiger partial charge on any atom is 0.341 e. The Balaban J connectivity index is 1.60. The van der Waals surface area contributed by atoms with Gasteiger partial charge in [-0.25, -0.2) is 9.78 Å². The van der Waals surface area contributed by atoms with Crippen LogP contribution < -0.4 is 5.56 Å². The van der Waals surface area contributed by atoms with E-state index in [1.807, 2.05) is 30.3 Å². The predicted octanol–water partition coefficient (Wildman–Crippen LogP) is 4.19. The van der Waals surface area contributed by atoms with Crippen molar-refractivity contribution in [3.05, 3.63) is 75.0 Å². The lowest BCUT2D eigenvalue weighted by Crippen LogP contribution is -2.22. The van der Waals surface area contributed by atoms with E-state index in [1.165, 1.54) is 27.2 Å². The molecule has 0 aliphatic carbocycles. The minimum absolute atomic E-state index is 0.181. The summed E-state index contributed by atoms with van der Waals surface area (Å²) in [6, 6.07) is 11.4. The maximum absolute atomic E-state index is 12.7. The number of rotatable bonds is 4. The number of carboxylic acid groups (broad SMARTS) is 1. The van der Waals surface area contributed by atoms with Crippen LogP contribution in [0, 0.1) is 0 Å². The van der Waals surface area contributed by atoms with Gasteiger partial charge in [0.25, 0.3) is 5.56 Å². The van der Waals surface area contributed by atoms with Crippen LogP contribution in [0.4, 0.5) is 0 Å². The van der Waals surface area contributed by atoms with Crippen molar-refractivity contribution in [1.29, 1.82) is 0 Å². The molecule has 1 aromatic carbocycles. The fourth-order valence-corrected chi connectivity index (χ4v) is 5.33. The number of hydrogen-bond acceptors (Lipinski definition) is 7. The summed E-state index contributed by atoms with van der Waals surface area (Å²) < 4.78 is 1.75. The number of aromatic carboxylic acids is 1. The van der Waals surface area contributed by atoms with Gasteiger partial charge in [0.1, 0.15) is 10.6 Å². The van der Waals surface area contributed by atoms with Gasteiger partial charge >= 0.3 is 5.97 Å². The quantitative estimate of drug-likeness (QED) is 0.439. The minimum atomic E-state index is -1.33. The number of benzene rings is 1. The first-order valence-electron chi connectivity index (χ1n) is 8.89. The number of carboxylic acids is 1. The van der Waals surface area contributed by atoms with Crippen LogP contribution in [0.15, 0.2) is 59.0 Å². The van der Waals surface area contributed by atoms with Gasteiger partial charge in [-0.1, -0.05) is 18.2 Å². The topological polar surface area (TPSA) is 105 Å². The molecule has 0 amide bonds. The van der Waals surface area contributed by atoms with Crippen molar-refractivity contribution in [1.82, 2.24) is 14.5 Å². The van der Waals surface area contributed by atoms with Crippen LogP contribution in [-0.4, -0.2) is 30.7 Å². The van der Waals surface area contributed by atoms with E-state index in [-0.39, 0.29) is 12.1 Å². The molecule has 7 nitrogen and oxygen atoms in total. The molecule has 0 saturated heterocycles. The van der Waals surface area contributed by atoms with Gasteiger partial charge in [0.15, 0.2) is 5.75 Å². The molecule has 0 aliphatic heterocycles. The molecule has 0 fully saturated rings. The molecule has 0 radical (unpaired) electrons. The van der Waals surface area contributed by atoms with Crippen molar-refractivity contribution >= 4 is 49.8 Å². The van der Waals surface area contributed by atoms with Crippen LogP contribution >= 0.6 is 22.7 Å². The van der Waals surface area contributed by atoms with E-state index >= 15 is 0 Å². The lowest BCUT2D eigenvalue weighted by atomic mass is 10.1. The highest BCUT2D eigenvalue weighted by Crippen LogP contribution is 2.33. The zero-order valence-corrected chi connectivity index (χ0v) is 16.9. The van der Waals surface area contributed by atoms with Crippen molar-refractivity contribution < 1.29 is 15.0 Å². The van der Waals surface area contributed by atoms with E-state index < -0.39 is 17.3 Å². The Kier molecular flexibility index (Phi) is 4.34. The van der Waals surface area contributed by atoms with E-state index in [4.69, 9.17) is 0 Å². The first-order chi connectivity index (χ1) is 14.5. The van der Waals surface area contributed by atoms with Crippen molar-refractivity contribution in [3.8, 4) is 16.3 Å². The van der Waals surface area contributed by atoms with E-state index in [1.54, 1.807) is 23.8 Å². The SMILES string of the molecule is O=C(O)c1c(O)c(=O)n(Cc2cnc(-c3ccnc4ccccc34)s2)c2ccsc12. The summed E-state index contributed by atoms with van der Waals surface area (Å²) in [5, 5.41) is 23.1. The van der Waals surface area contributed by atoms with Crippen LogP contribution in [0.1, 0.15) is 15.2 Å². The highest BCUT2D eigenvalue weighted by atomic mass is 32.1. The largest absolute Gasteiger partial charge is 0.502 e. The van der Waals surface area contributed by atoms with Gasteiger partial charge in [0.2, 0.25) is 0 Å². The molecule has 0 atom stereocenters. The number of thiophene rings is 1. The third-order valence-corrected chi connectivity index (χ3v) is 6.74. The third-order valence-electron chi connectivity index (χ3n) is 4.81. The molecule has 30 heavy (non-hydrogen) atoms. The Morgan fingerprint density at radius 3 is 2.80 bits per heavy atom. The second-order valence-electron chi connectivity index (χ2n) is 6.56. The molecule has 148 valence electrons. The predicted molar refractivity (Wildman–Crippen MR) is 117 cm³/mol. The van der Waals surface area contributed by atoms with Crippen molar-refractivity contribution in [3.63, 3.8) is 0 Å². The van der Waals surface area contributed by atoms with Gasteiger partial charge in [-0.2, -0.15) is 0 Å². The Morgan fingerprint density at radius 1 is 1.13 bits per heavy atom. The van der Waals surface area contributed by atoms with Crippen LogP contribution in [0.25, 0.3) is 31.7 Å². The van der Waals surface area contributed by atoms with E-state index in [0.717, 1.165) is 26.4 Å². The summed E-state index contributed by atoms with van der Waals surface area (Å²) in [4.78, 5) is 33.9. The number of carbonyl (C=O) groups is 1. The standard InChI is InChI=1S/C21H13N3O4S2/c25-17-16(21(27)28)18-15(6-8-29-18)24(20(17)26)10-11-9-23-19(30-11)13-5-7-22-14-4-2-1-3-12(13)14/h1-9,25H,10H2,(H,27,28). The first kappa shape index (κ1) is 18.5. The van der Waals surface area contributed by atoms with Gasteiger partial charge in [0, 0.05) is 28.2 Å². The molecule has 5 aromatic rings. The molecule has 4 aromatic heterocycles. The highest BCUT2D eigenvalue weighted by molar-refractivity contribution is 7.17. The van der Waals surface area contributed by atoms with Crippen molar-refractivity contribution in [2.24, 2.45) is 0 Å². The lowest BCUT2D eigenvalue weighted by molar-refractivity contribution is 0.0695. The monoisotopic (exact) mass is 435 g/mol. The average Bonchev–Trinajstić information content (AvgIpc) is 3.40. The molecule has 4 heterocycles. The Morgan fingerprint density at radius 2 is 1.97 bits per heavy atom. The summed E-state index contributed by atoms with van der Waals surface area (Å²) in [7, 11) is 0. The molecule has 0 bridgehead atoms. The van der Waals surface area contributed by atoms with Crippen LogP contribution in [0.3, 0.4) is 0 Å². The first-order valence-corrected chi connectivity index (χ1v) is 10.6. The Bertz CT molecular complexity index is 1490. The zero-order chi connectivity index (χ0) is 20.8. The van der Waals surface area contributed by atoms with Crippen molar-refractivity contribution in [2.75, 3.05) is 0 Å². The van der Waals surface area contributed by atoms with Crippen LogP contribution in [0.5, 0.6) is 5.75 Å². The zero-order valence-electron chi connectivity index (χ0n) is 15.3.